The Morgan fingerprint density at radius 3 is 2.73 bits per heavy atom. The molecule has 0 spiro atoms. The second-order valence-corrected chi connectivity index (χ2v) is 8.95. The van der Waals surface area contributed by atoms with Crippen LogP contribution in [0.2, 0.25) is 0 Å². The summed E-state index contributed by atoms with van der Waals surface area (Å²) in [4.78, 5) is 28.9. The number of para-hydroxylation sites is 1. The van der Waals surface area contributed by atoms with E-state index in [1.165, 1.54) is 34.4 Å². The molecule has 0 atom stereocenters. The molecular weight excluding hydrogens is 477 g/mol. The number of carbonyl (C=O) groups excluding carboxylic acids is 1. The van der Waals surface area contributed by atoms with Gasteiger partial charge in [-0.15, -0.1) is 10.2 Å². The summed E-state index contributed by atoms with van der Waals surface area (Å²) in [6, 6.07) is 8.85. The molecule has 0 saturated carbocycles. The van der Waals surface area contributed by atoms with Crippen LogP contribution in [0.4, 0.5) is 28.8 Å². The molecule has 2 amide bonds. The molecule has 8 nitrogen and oxygen atoms in total. The van der Waals surface area contributed by atoms with Gasteiger partial charge < -0.3 is 5.32 Å². The van der Waals surface area contributed by atoms with Gasteiger partial charge in [-0.05, 0) is 30.7 Å². The first-order valence-corrected chi connectivity index (χ1v) is 11.2. The average Bonchev–Trinajstić information content (AvgIpc) is 3.20. The van der Waals surface area contributed by atoms with Crippen LogP contribution in [-0.2, 0) is 11.9 Å². The fourth-order valence-electron chi connectivity index (χ4n) is 2.93. The minimum absolute atomic E-state index is 0.113. The van der Waals surface area contributed by atoms with Crippen molar-refractivity contribution in [3.05, 3.63) is 75.8 Å². The molecule has 0 aliphatic carbocycles. The van der Waals surface area contributed by atoms with E-state index in [0.717, 1.165) is 29.0 Å². The van der Waals surface area contributed by atoms with E-state index in [4.69, 9.17) is 0 Å². The van der Waals surface area contributed by atoms with E-state index < -0.39 is 17.8 Å². The van der Waals surface area contributed by atoms with Gasteiger partial charge in [0.1, 0.15) is 5.65 Å². The quantitative estimate of drug-likeness (QED) is 0.306. The number of hydrogen-bond donors (Lipinski definition) is 2. The monoisotopic (exact) mass is 492 g/mol. The molecule has 0 aliphatic heterocycles. The Morgan fingerprint density at radius 2 is 1.94 bits per heavy atom. The van der Waals surface area contributed by atoms with Crippen LogP contribution in [0.15, 0.2) is 57.8 Å². The van der Waals surface area contributed by atoms with E-state index in [1.54, 1.807) is 12.3 Å². The lowest BCUT2D eigenvalue weighted by Crippen LogP contribution is -2.21. The normalized spacial score (nSPS) is 11.5. The minimum atomic E-state index is -4.60. The summed E-state index contributed by atoms with van der Waals surface area (Å²) in [6.45, 7) is 1.86. The Labute approximate surface area is 192 Å². The van der Waals surface area contributed by atoms with Crippen molar-refractivity contribution in [2.24, 2.45) is 0 Å². The Balaban J connectivity index is 1.40. The van der Waals surface area contributed by atoms with Crippen molar-refractivity contribution >= 4 is 45.6 Å². The van der Waals surface area contributed by atoms with Gasteiger partial charge in [-0.3, -0.25) is 14.5 Å². The number of rotatable bonds is 5. The van der Waals surface area contributed by atoms with Crippen LogP contribution in [0, 0.1) is 6.92 Å². The lowest BCUT2D eigenvalue weighted by Gasteiger charge is -2.13. The van der Waals surface area contributed by atoms with E-state index in [-0.39, 0.29) is 16.4 Å². The Bertz CT molecular complexity index is 1390. The molecule has 0 aliphatic rings. The summed E-state index contributed by atoms with van der Waals surface area (Å²) in [6.07, 6.45) is -2.95. The van der Waals surface area contributed by atoms with Crippen LogP contribution in [0.1, 0.15) is 16.8 Å². The first-order valence-electron chi connectivity index (χ1n) is 9.39. The number of nitrogens with one attached hydrogen (secondary N) is 2. The van der Waals surface area contributed by atoms with Crippen molar-refractivity contribution in [3.63, 3.8) is 0 Å². The largest absolute Gasteiger partial charge is 0.418 e. The standard InChI is InChI=1S/C20H15F3N6O2S2/c1-11-5-4-8-29-15(30)9-12(24-16(11)29)10-32-19-28-27-18(33-19)26-17(31)25-14-7-3-2-6-13(14)20(21,22)23/h2-9H,10H2,1H3,(H2,25,26,27,31). The highest BCUT2D eigenvalue weighted by Crippen LogP contribution is 2.34. The molecule has 0 bridgehead atoms. The minimum Gasteiger partial charge on any atom is -0.307 e. The van der Waals surface area contributed by atoms with Crippen molar-refractivity contribution in [1.82, 2.24) is 19.6 Å². The van der Waals surface area contributed by atoms with Crippen molar-refractivity contribution in [1.29, 1.82) is 0 Å². The second-order valence-electron chi connectivity index (χ2n) is 6.75. The molecule has 0 saturated heterocycles. The van der Waals surface area contributed by atoms with Gasteiger partial charge in [-0.1, -0.05) is 41.3 Å². The number of nitrogens with zero attached hydrogens (tertiary/aromatic N) is 4. The number of aryl methyl sites for hydroxylation is 1. The number of amides is 2. The van der Waals surface area contributed by atoms with Gasteiger partial charge in [0.25, 0.3) is 5.56 Å². The number of urea groups is 1. The van der Waals surface area contributed by atoms with Crippen LogP contribution in [0.25, 0.3) is 5.65 Å². The van der Waals surface area contributed by atoms with Gasteiger partial charge in [0.2, 0.25) is 5.13 Å². The van der Waals surface area contributed by atoms with Gasteiger partial charge in [0, 0.05) is 18.0 Å². The number of hydrogen-bond acceptors (Lipinski definition) is 7. The van der Waals surface area contributed by atoms with E-state index >= 15 is 0 Å². The maximum absolute atomic E-state index is 13.1. The number of aromatic nitrogens is 4. The Hall–Kier alpha value is -3.45. The number of benzene rings is 1. The van der Waals surface area contributed by atoms with E-state index in [2.05, 4.69) is 25.8 Å². The molecule has 4 aromatic rings. The third kappa shape index (κ3) is 5.31. The molecule has 4 rings (SSSR count). The lowest BCUT2D eigenvalue weighted by atomic mass is 10.1. The summed E-state index contributed by atoms with van der Waals surface area (Å²) in [5.74, 6) is 0.347. The average molecular weight is 493 g/mol. The Morgan fingerprint density at radius 1 is 1.15 bits per heavy atom. The smallest absolute Gasteiger partial charge is 0.307 e. The third-order valence-corrected chi connectivity index (χ3v) is 6.40. The molecule has 0 fully saturated rings. The van der Waals surface area contributed by atoms with Crippen LogP contribution in [0.5, 0.6) is 0 Å². The van der Waals surface area contributed by atoms with Crippen molar-refractivity contribution in [3.8, 4) is 0 Å². The second kappa shape index (κ2) is 9.19. The zero-order valence-electron chi connectivity index (χ0n) is 16.9. The number of halogens is 3. The van der Waals surface area contributed by atoms with Crippen molar-refractivity contribution in [2.75, 3.05) is 10.6 Å². The fourth-order valence-corrected chi connectivity index (χ4v) is 4.57. The molecular formula is C20H15F3N6O2S2. The highest BCUT2D eigenvalue weighted by molar-refractivity contribution is 8.00. The maximum Gasteiger partial charge on any atom is 0.418 e. The lowest BCUT2D eigenvalue weighted by molar-refractivity contribution is -0.136. The zero-order chi connectivity index (χ0) is 23.6. The Kier molecular flexibility index (Phi) is 6.33. The van der Waals surface area contributed by atoms with Gasteiger partial charge in [-0.25, -0.2) is 9.78 Å². The number of anilines is 2. The molecule has 2 N–H and O–H groups in total. The first-order chi connectivity index (χ1) is 15.7. The maximum atomic E-state index is 13.1. The van der Waals surface area contributed by atoms with Crippen LogP contribution < -0.4 is 16.2 Å². The molecule has 13 heteroatoms. The number of pyridine rings is 1. The SMILES string of the molecule is Cc1cccn2c(=O)cc(CSc3nnc(NC(=O)Nc4ccccc4C(F)(F)F)s3)nc12. The summed E-state index contributed by atoms with van der Waals surface area (Å²) in [5, 5.41) is 12.4. The molecule has 33 heavy (non-hydrogen) atoms. The molecule has 1 aromatic carbocycles. The summed E-state index contributed by atoms with van der Waals surface area (Å²) in [7, 11) is 0. The van der Waals surface area contributed by atoms with Crippen molar-refractivity contribution in [2.45, 2.75) is 23.2 Å². The molecule has 0 unspecified atom stereocenters. The predicted octanol–water partition coefficient (Wildman–Crippen LogP) is 4.81. The third-order valence-electron chi connectivity index (χ3n) is 4.39. The topological polar surface area (TPSA) is 101 Å². The highest BCUT2D eigenvalue weighted by Gasteiger charge is 2.33. The van der Waals surface area contributed by atoms with Crippen LogP contribution in [-0.4, -0.2) is 25.6 Å². The molecule has 3 heterocycles. The van der Waals surface area contributed by atoms with E-state index in [0.29, 0.717) is 21.4 Å². The first kappa shape index (κ1) is 22.7. The van der Waals surface area contributed by atoms with E-state index in [1.807, 2.05) is 13.0 Å². The number of fused-ring (bicyclic) bond motifs is 1. The van der Waals surface area contributed by atoms with Gasteiger partial charge >= 0.3 is 12.2 Å². The molecule has 0 radical (unpaired) electrons. The summed E-state index contributed by atoms with van der Waals surface area (Å²) in [5.41, 5.74) is 0.464. The number of thioether (sulfide) groups is 1. The number of carbonyl (C=O) groups is 1. The summed E-state index contributed by atoms with van der Waals surface area (Å²) >= 11 is 2.32. The van der Waals surface area contributed by atoms with Gasteiger partial charge in [-0.2, -0.15) is 13.2 Å². The van der Waals surface area contributed by atoms with Crippen LogP contribution >= 0.6 is 23.1 Å². The van der Waals surface area contributed by atoms with E-state index in [9.17, 15) is 22.8 Å². The van der Waals surface area contributed by atoms with Crippen LogP contribution in [0.3, 0.4) is 0 Å². The fraction of sp³-hybridized carbons (Fsp3) is 0.150. The zero-order valence-corrected chi connectivity index (χ0v) is 18.5. The predicted molar refractivity (Wildman–Crippen MR) is 120 cm³/mol. The highest BCUT2D eigenvalue weighted by atomic mass is 32.2. The van der Waals surface area contributed by atoms with Gasteiger partial charge in [0.15, 0.2) is 4.34 Å². The summed E-state index contributed by atoms with van der Waals surface area (Å²) < 4.78 is 41.2. The molecule has 3 aromatic heterocycles. The molecule has 170 valence electrons. The van der Waals surface area contributed by atoms with Crippen molar-refractivity contribution < 1.29 is 18.0 Å². The van der Waals surface area contributed by atoms with Gasteiger partial charge in [0.05, 0.1) is 16.9 Å². The number of alkyl halides is 3.